The lowest BCUT2D eigenvalue weighted by atomic mass is 9.64. The van der Waals surface area contributed by atoms with Gasteiger partial charge in [-0.3, -0.25) is 0 Å². The van der Waals surface area contributed by atoms with E-state index < -0.39 is 0 Å². The largest absolute Gasteiger partial charge is 0.381 e. The van der Waals surface area contributed by atoms with Gasteiger partial charge in [0.25, 0.3) is 0 Å². The van der Waals surface area contributed by atoms with E-state index in [0.717, 1.165) is 38.5 Å². The molecule has 1 atom stereocenters. The number of benzene rings is 1. The fourth-order valence-electron chi connectivity index (χ4n) is 4.61. The van der Waals surface area contributed by atoms with Crippen molar-refractivity contribution in [1.82, 2.24) is 5.32 Å². The van der Waals surface area contributed by atoms with Gasteiger partial charge in [0.15, 0.2) is 0 Å². The van der Waals surface area contributed by atoms with Crippen molar-refractivity contribution in [3.8, 4) is 0 Å². The zero-order valence-electron chi connectivity index (χ0n) is 13.3. The van der Waals surface area contributed by atoms with Crippen LogP contribution in [0.2, 0.25) is 0 Å². The van der Waals surface area contributed by atoms with Gasteiger partial charge in [-0.05, 0) is 43.7 Å². The fourth-order valence-corrected chi connectivity index (χ4v) is 4.61. The Morgan fingerprint density at radius 2 is 1.81 bits per heavy atom. The van der Waals surface area contributed by atoms with Crippen molar-refractivity contribution in [2.75, 3.05) is 19.8 Å². The zero-order valence-corrected chi connectivity index (χ0v) is 13.3. The van der Waals surface area contributed by atoms with Gasteiger partial charge in [0.2, 0.25) is 0 Å². The van der Waals surface area contributed by atoms with Gasteiger partial charge >= 0.3 is 0 Å². The Morgan fingerprint density at radius 3 is 2.43 bits per heavy atom. The maximum atomic E-state index is 5.71. The molecule has 116 valence electrons. The molecule has 0 aromatic heterocycles. The molecular weight excluding hydrogens is 258 g/mol. The molecule has 0 bridgehead atoms. The molecule has 1 heterocycles. The Hall–Kier alpha value is -0.860. The van der Waals surface area contributed by atoms with Crippen molar-refractivity contribution in [2.24, 2.45) is 5.92 Å². The van der Waals surface area contributed by atoms with E-state index in [1.165, 1.54) is 31.2 Å². The minimum absolute atomic E-state index is 0.268. The van der Waals surface area contributed by atoms with Crippen molar-refractivity contribution < 1.29 is 4.74 Å². The van der Waals surface area contributed by atoms with Gasteiger partial charge in [-0.25, -0.2) is 0 Å². The van der Waals surface area contributed by atoms with Crippen molar-refractivity contribution in [3.63, 3.8) is 0 Å². The molecule has 0 amide bonds. The predicted octanol–water partition coefficient (Wildman–Crippen LogP) is 3.90. The lowest BCUT2D eigenvalue weighted by molar-refractivity contribution is 0.0242. The maximum absolute atomic E-state index is 5.71. The van der Waals surface area contributed by atoms with E-state index in [4.69, 9.17) is 4.74 Å². The number of rotatable bonds is 5. The third-order valence-corrected chi connectivity index (χ3v) is 5.62. The van der Waals surface area contributed by atoms with Crippen LogP contribution in [0.4, 0.5) is 0 Å². The highest BCUT2D eigenvalue weighted by molar-refractivity contribution is 5.29. The van der Waals surface area contributed by atoms with Crippen LogP contribution in [-0.4, -0.2) is 25.8 Å². The average Bonchev–Trinajstić information content (AvgIpc) is 3.08. The first-order valence-corrected chi connectivity index (χ1v) is 8.73. The number of ether oxygens (including phenoxy) is 1. The van der Waals surface area contributed by atoms with Crippen LogP contribution in [0.15, 0.2) is 30.3 Å². The molecule has 1 aromatic carbocycles. The summed E-state index contributed by atoms with van der Waals surface area (Å²) in [6.45, 7) is 5.13. The number of likely N-dealkylation sites (N-methyl/N-ethyl adjacent to an activating group) is 1. The highest BCUT2D eigenvalue weighted by Gasteiger charge is 2.45. The Bertz CT molecular complexity index is 418. The summed E-state index contributed by atoms with van der Waals surface area (Å²) in [5.41, 5.74) is 1.79. The fraction of sp³-hybridized carbons (Fsp3) is 0.684. The Labute approximate surface area is 129 Å². The third kappa shape index (κ3) is 3.02. The van der Waals surface area contributed by atoms with Crippen LogP contribution in [-0.2, 0) is 10.2 Å². The van der Waals surface area contributed by atoms with E-state index in [1.807, 2.05) is 0 Å². The molecule has 1 aliphatic heterocycles. The number of nitrogens with one attached hydrogen (secondary N) is 1. The summed E-state index contributed by atoms with van der Waals surface area (Å²) >= 11 is 0. The van der Waals surface area contributed by atoms with Crippen molar-refractivity contribution in [1.29, 1.82) is 0 Å². The molecule has 3 rings (SSSR count). The maximum Gasteiger partial charge on any atom is 0.0475 e. The molecular formula is C19H29NO. The van der Waals surface area contributed by atoms with Gasteiger partial charge < -0.3 is 10.1 Å². The van der Waals surface area contributed by atoms with Crippen LogP contribution in [0.5, 0.6) is 0 Å². The summed E-state index contributed by atoms with van der Waals surface area (Å²) in [5, 5.41) is 3.88. The molecule has 2 nitrogen and oxygen atoms in total. The summed E-state index contributed by atoms with van der Waals surface area (Å²) in [5.74, 6) is 0.836. The summed E-state index contributed by atoms with van der Waals surface area (Å²) in [6, 6.07) is 11.8. The van der Waals surface area contributed by atoms with E-state index in [0.29, 0.717) is 6.04 Å². The molecule has 1 aromatic rings. The van der Waals surface area contributed by atoms with Crippen LogP contribution in [0.1, 0.15) is 51.0 Å². The van der Waals surface area contributed by atoms with Crippen molar-refractivity contribution in [2.45, 2.75) is 56.9 Å². The van der Waals surface area contributed by atoms with Gasteiger partial charge in [0.05, 0.1) is 0 Å². The second-order valence-corrected chi connectivity index (χ2v) is 6.71. The topological polar surface area (TPSA) is 21.3 Å². The van der Waals surface area contributed by atoms with Gasteiger partial charge in [-0.1, -0.05) is 50.1 Å². The highest BCUT2D eigenvalue weighted by atomic mass is 16.5. The summed E-state index contributed by atoms with van der Waals surface area (Å²) in [4.78, 5) is 0. The third-order valence-electron chi connectivity index (χ3n) is 5.62. The number of hydrogen-bond donors (Lipinski definition) is 1. The summed E-state index contributed by atoms with van der Waals surface area (Å²) < 4.78 is 5.71. The minimum atomic E-state index is 0.268. The van der Waals surface area contributed by atoms with Gasteiger partial charge in [-0.15, -0.1) is 0 Å². The van der Waals surface area contributed by atoms with Gasteiger partial charge in [0.1, 0.15) is 0 Å². The zero-order chi connectivity index (χ0) is 14.5. The predicted molar refractivity (Wildman–Crippen MR) is 87.6 cm³/mol. The molecule has 1 saturated carbocycles. The Kier molecular flexibility index (Phi) is 4.97. The minimum Gasteiger partial charge on any atom is -0.381 e. The molecule has 1 unspecified atom stereocenters. The normalized spacial score (nSPS) is 24.0. The van der Waals surface area contributed by atoms with Crippen LogP contribution in [0.25, 0.3) is 0 Å². The van der Waals surface area contributed by atoms with E-state index >= 15 is 0 Å². The highest BCUT2D eigenvalue weighted by Crippen LogP contribution is 2.44. The Balaban J connectivity index is 1.95. The first kappa shape index (κ1) is 15.1. The first-order valence-electron chi connectivity index (χ1n) is 8.73. The molecule has 0 radical (unpaired) electrons. The van der Waals surface area contributed by atoms with Crippen molar-refractivity contribution in [3.05, 3.63) is 35.9 Å². The first-order chi connectivity index (χ1) is 10.4. The van der Waals surface area contributed by atoms with Crippen LogP contribution in [0, 0.1) is 5.92 Å². The summed E-state index contributed by atoms with van der Waals surface area (Å²) in [6.07, 6.45) is 7.93. The second kappa shape index (κ2) is 6.93. The molecule has 0 spiro atoms. The van der Waals surface area contributed by atoms with E-state index in [9.17, 15) is 0 Å². The molecule has 2 heteroatoms. The molecule has 1 aliphatic carbocycles. The molecule has 1 N–H and O–H groups in total. The lowest BCUT2D eigenvalue weighted by Crippen LogP contribution is -2.54. The standard InChI is InChI=1S/C19H29NO/c1-2-20-18(16-8-6-7-9-16)19(12-14-21-15-13-19)17-10-4-3-5-11-17/h3-5,10-11,16,18,20H,2,6-9,12-15H2,1H3. The Morgan fingerprint density at radius 1 is 1.14 bits per heavy atom. The van der Waals surface area contributed by atoms with Gasteiger partial charge in [0, 0.05) is 24.7 Å². The molecule has 1 saturated heterocycles. The van der Waals surface area contributed by atoms with Crippen LogP contribution in [0.3, 0.4) is 0 Å². The molecule has 2 fully saturated rings. The molecule has 21 heavy (non-hydrogen) atoms. The average molecular weight is 287 g/mol. The van der Waals surface area contributed by atoms with Gasteiger partial charge in [-0.2, -0.15) is 0 Å². The van der Waals surface area contributed by atoms with E-state index in [-0.39, 0.29) is 5.41 Å². The van der Waals surface area contributed by atoms with E-state index in [2.05, 4.69) is 42.6 Å². The number of hydrogen-bond acceptors (Lipinski definition) is 2. The monoisotopic (exact) mass is 287 g/mol. The summed E-state index contributed by atoms with van der Waals surface area (Å²) in [7, 11) is 0. The van der Waals surface area contributed by atoms with Crippen LogP contribution < -0.4 is 5.32 Å². The van der Waals surface area contributed by atoms with E-state index in [1.54, 1.807) is 0 Å². The smallest absolute Gasteiger partial charge is 0.0475 e. The quantitative estimate of drug-likeness (QED) is 0.886. The van der Waals surface area contributed by atoms with Crippen molar-refractivity contribution >= 4 is 0 Å². The second-order valence-electron chi connectivity index (χ2n) is 6.71. The molecule has 2 aliphatic rings. The lowest BCUT2D eigenvalue weighted by Gasteiger charge is -2.47. The SMILES string of the molecule is CCNC(C1CCCC1)C1(c2ccccc2)CCOCC1. The van der Waals surface area contributed by atoms with Crippen LogP contribution >= 0.6 is 0 Å².